The minimum atomic E-state index is -0.890. The molecule has 1 aliphatic rings. The summed E-state index contributed by atoms with van der Waals surface area (Å²) in [6.07, 6.45) is 4.69. The maximum absolute atomic E-state index is 10.7. The molecule has 0 aromatic carbocycles. The van der Waals surface area contributed by atoms with Crippen molar-refractivity contribution in [2.24, 2.45) is 5.92 Å². The highest BCUT2D eigenvalue weighted by molar-refractivity contribution is 5.03. The number of aryl methyl sites for hydroxylation is 1. The number of aromatic nitrogens is 3. The smallest absolute Gasteiger partial charge is 0.158 e. The molecule has 0 amide bonds. The Morgan fingerprint density at radius 3 is 3.12 bits per heavy atom. The van der Waals surface area contributed by atoms with Crippen LogP contribution in [0.2, 0.25) is 0 Å². The second-order valence-corrected chi connectivity index (χ2v) is 5.00. The molecule has 5 heteroatoms. The second-order valence-electron chi connectivity index (χ2n) is 5.00. The summed E-state index contributed by atoms with van der Waals surface area (Å²) in [5, 5.41) is 18.3. The van der Waals surface area contributed by atoms with Crippen LogP contribution in [-0.2, 0) is 12.1 Å². The van der Waals surface area contributed by atoms with Crippen molar-refractivity contribution in [1.82, 2.24) is 20.1 Å². The fraction of sp³-hybridized carbons (Fsp3) is 0.833. The van der Waals surface area contributed by atoms with Crippen LogP contribution in [0.4, 0.5) is 0 Å². The topological polar surface area (TPSA) is 63.0 Å². The van der Waals surface area contributed by atoms with E-state index in [9.17, 15) is 5.11 Å². The van der Waals surface area contributed by atoms with E-state index in [0.717, 1.165) is 38.9 Å². The molecule has 5 nitrogen and oxygen atoms in total. The summed E-state index contributed by atoms with van der Waals surface area (Å²) in [6, 6.07) is 0. The zero-order valence-electron chi connectivity index (χ0n) is 10.7. The van der Waals surface area contributed by atoms with Crippen LogP contribution in [0.5, 0.6) is 0 Å². The van der Waals surface area contributed by atoms with Gasteiger partial charge in [0.2, 0.25) is 0 Å². The van der Waals surface area contributed by atoms with Crippen molar-refractivity contribution < 1.29 is 5.11 Å². The molecular weight excluding hydrogens is 216 g/mol. The van der Waals surface area contributed by atoms with E-state index in [2.05, 4.69) is 22.3 Å². The largest absolute Gasteiger partial charge is 0.382 e. The third-order valence-electron chi connectivity index (χ3n) is 3.60. The van der Waals surface area contributed by atoms with Crippen molar-refractivity contribution >= 4 is 0 Å². The van der Waals surface area contributed by atoms with Gasteiger partial charge >= 0.3 is 0 Å². The van der Waals surface area contributed by atoms with Gasteiger partial charge in [0.25, 0.3) is 0 Å². The Balaban J connectivity index is 2.20. The van der Waals surface area contributed by atoms with Crippen LogP contribution in [-0.4, -0.2) is 33.0 Å². The maximum atomic E-state index is 10.7. The SMILES string of the molecule is CCCn1ncnc1C(C)(O)C1CCCNC1. The summed E-state index contributed by atoms with van der Waals surface area (Å²) in [5.41, 5.74) is -0.890. The monoisotopic (exact) mass is 238 g/mol. The number of piperidine rings is 1. The first-order valence-corrected chi connectivity index (χ1v) is 6.47. The Kier molecular flexibility index (Phi) is 3.79. The van der Waals surface area contributed by atoms with Gasteiger partial charge in [-0.25, -0.2) is 9.67 Å². The molecule has 1 fully saturated rings. The molecule has 2 unspecified atom stereocenters. The predicted molar refractivity (Wildman–Crippen MR) is 65.5 cm³/mol. The van der Waals surface area contributed by atoms with Gasteiger partial charge in [0.05, 0.1) is 0 Å². The van der Waals surface area contributed by atoms with Crippen molar-refractivity contribution in [3.63, 3.8) is 0 Å². The van der Waals surface area contributed by atoms with E-state index in [0.29, 0.717) is 5.82 Å². The molecule has 0 saturated carbocycles. The molecule has 96 valence electrons. The van der Waals surface area contributed by atoms with E-state index in [1.807, 2.05) is 11.6 Å². The summed E-state index contributed by atoms with van der Waals surface area (Å²) in [5.74, 6) is 0.920. The molecule has 1 aromatic heterocycles. The predicted octanol–water partition coefficient (Wildman–Crippen LogP) is 0.895. The number of nitrogens with one attached hydrogen (secondary N) is 1. The summed E-state index contributed by atoms with van der Waals surface area (Å²) >= 11 is 0. The van der Waals surface area contributed by atoms with Gasteiger partial charge in [-0.3, -0.25) is 0 Å². The van der Waals surface area contributed by atoms with Crippen molar-refractivity contribution in [3.05, 3.63) is 12.2 Å². The lowest BCUT2D eigenvalue weighted by Crippen LogP contribution is -2.44. The lowest BCUT2D eigenvalue weighted by atomic mass is 9.83. The average molecular weight is 238 g/mol. The summed E-state index contributed by atoms with van der Waals surface area (Å²) in [4.78, 5) is 4.26. The van der Waals surface area contributed by atoms with Crippen molar-refractivity contribution in [2.75, 3.05) is 13.1 Å². The van der Waals surface area contributed by atoms with E-state index < -0.39 is 5.60 Å². The summed E-state index contributed by atoms with van der Waals surface area (Å²) in [7, 11) is 0. The van der Waals surface area contributed by atoms with Gasteiger partial charge in [-0.05, 0) is 32.7 Å². The number of rotatable bonds is 4. The van der Waals surface area contributed by atoms with Gasteiger partial charge in [-0.1, -0.05) is 6.92 Å². The van der Waals surface area contributed by atoms with Crippen molar-refractivity contribution in [3.8, 4) is 0 Å². The molecule has 1 saturated heterocycles. The lowest BCUT2D eigenvalue weighted by molar-refractivity contribution is -0.0271. The van der Waals surface area contributed by atoms with Gasteiger partial charge < -0.3 is 10.4 Å². The Morgan fingerprint density at radius 2 is 2.47 bits per heavy atom. The zero-order valence-corrected chi connectivity index (χ0v) is 10.7. The normalized spacial score (nSPS) is 24.5. The minimum absolute atomic E-state index is 0.219. The molecule has 0 radical (unpaired) electrons. The zero-order chi connectivity index (χ0) is 12.3. The van der Waals surface area contributed by atoms with Crippen molar-refractivity contribution in [2.45, 2.75) is 45.3 Å². The van der Waals surface area contributed by atoms with Gasteiger partial charge in [-0.15, -0.1) is 0 Å². The molecule has 0 aliphatic carbocycles. The molecule has 2 heterocycles. The van der Waals surface area contributed by atoms with E-state index in [4.69, 9.17) is 0 Å². The van der Waals surface area contributed by atoms with Gasteiger partial charge in [-0.2, -0.15) is 5.10 Å². The fourth-order valence-corrected chi connectivity index (χ4v) is 2.55. The summed E-state index contributed by atoms with van der Waals surface area (Å²) < 4.78 is 1.83. The highest BCUT2D eigenvalue weighted by Gasteiger charge is 2.38. The second kappa shape index (κ2) is 5.14. The third-order valence-corrected chi connectivity index (χ3v) is 3.60. The Hall–Kier alpha value is -0.940. The molecule has 0 bridgehead atoms. The number of aliphatic hydroxyl groups is 1. The standard InChI is InChI=1S/C12H22N4O/c1-3-7-16-11(14-9-15-16)12(2,17)10-5-4-6-13-8-10/h9-10,13,17H,3-8H2,1-2H3. The van der Waals surface area contributed by atoms with E-state index in [-0.39, 0.29) is 5.92 Å². The van der Waals surface area contributed by atoms with Gasteiger partial charge in [0.15, 0.2) is 5.82 Å². The molecular formula is C12H22N4O. The first-order valence-electron chi connectivity index (χ1n) is 6.47. The van der Waals surface area contributed by atoms with Crippen LogP contribution in [0.1, 0.15) is 38.9 Å². The first-order chi connectivity index (χ1) is 8.16. The quantitative estimate of drug-likeness (QED) is 0.818. The minimum Gasteiger partial charge on any atom is -0.382 e. The van der Waals surface area contributed by atoms with Crippen LogP contribution >= 0.6 is 0 Å². The molecule has 2 rings (SSSR count). The van der Waals surface area contributed by atoms with Crippen LogP contribution < -0.4 is 5.32 Å². The number of hydrogen-bond acceptors (Lipinski definition) is 4. The number of nitrogens with zero attached hydrogens (tertiary/aromatic N) is 3. The molecule has 0 spiro atoms. The average Bonchev–Trinajstić information content (AvgIpc) is 2.80. The highest BCUT2D eigenvalue weighted by atomic mass is 16.3. The molecule has 17 heavy (non-hydrogen) atoms. The molecule has 1 aliphatic heterocycles. The van der Waals surface area contributed by atoms with Crippen LogP contribution in [0.3, 0.4) is 0 Å². The Morgan fingerprint density at radius 1 is 1.65 bits per heavy atom. The van der Waals surface area contributed by atoms with Crippen molar-refractivity contribution in [1.29, 1.82) is 0 Å². The van der Waals surface area contributed by atoms with Crippen LogP contribution in [0.15, 0.2) is 6.33 Å². The fourth-order valence-electron chi connectivity index (χ4n) is 2.55. The van der Waals surface area contributed by atoms with E-state index in [1.54, 1.807) is 0 Å². The van der Waals surface area contributed by atoms with Crippen LogP contribution in [0.25, 0.3) is 0 Å². The summed E-state index contributed by atoms with van der Waals surface area (Å²) in [6.45, 7) is 6.68. The van der Waals surface area contributed by atoms with Gasteiger partial charge in [0, 0.05) is 19.0 Å². The maximum Gasteiger partial charge on any atom is 0.158 e. The van der Waals surface area contributed by atoms with E-state index in [1.165, 1.54) is 6.33 Å². The molecule has 2 atom stereocenters. The Bertz CT molecular complexity index is 355. The molecule has 1 aromatic rings. The first kappa shape index (κ1) is 12.5. The Labute approximate surface area is 102 Å². The third kappa shape index (κ3) is 2.50. The van der Waals surface area contributed by atoms with E-state index >= 15 is 0 Å². The molecule has 2 N–H and O–H groups in total. The highest BCUT2D eigenvalue weighted by Crippen LogP contribution is 2.32. The lowest BCUT2D eigenvalue weighted by Gasteiger charge is -2.35. The van der Waals surface area contributed by atoms with Crippen LogP contribution in [0, 0.1) is 5.92 Å². The van der Waals surface area contributed by atoms with Gasteiger partial charge in [0.1, 0.15) is 11.9 Å². The number of hydrogen-bond donors (Lipinski definition) is 2.